The number of aryl methyl sites for hydroxylation is 1. The highest BCUT2D eigenvalue weighted by molar-refractivity contribution is 7.92. The highest BCUT2D eigenvalue weighted by Crippen LogP contribution is 2.21. The molecule has 0 atom stereocenters. The van der Waals surface area contributed by atoms with Crippen molar-refractivity contribution in [3.8, 4) is 0 Å². The van der Waals surface area contributed by atoms with Crippen LogP contribution in [0.5, 0.6) is 0 Å². The molecule has 106 valence electrons. The fourth-order valence-electron chi connectivity index (χ4n) is 1.56. The molecule has 0 fully saturated rings. The van der Waals surface area contributed by atoms with Gasteiger partial charge in [0.15, 0.2) is 11.6 Å². The van der Waals surface area contributed by atoms with Crippen LogP contribution >= 0.6 is 0 Å². The zero-order valence-electron chi connectivity index (χ0n) is 10.5. The van der Waals surface area contributed by atoms with E-state index in [2.05, 4.69) is 4.72 Å². The second kappa shape index (κ2) is 5.09. The van der Waals surface area contributed by atoms with Crippen molar-refractivity contribution < 1.29 is 17.2 Å². The fourth-order valence-corrected chi connectivity index (χ4v) is 2.64. The Morgan fingerprint density at radius 1 is 1.05 bits per heavy atom. The van der Waals surface area contributed by atoms with Gasteiger partial charge in [0, 0.05) is 11.8 Å². The lowest BCUT2D eigenvalue weighted by Crippen LogP contribution is -2.13. The van der Waals surface area contributed by atoms with Crippen LogP contribution in [0, 0.1) is 18.6 Å². The summed E-state index contributed by atoms with van der Waals surface area (Å²) in [5.41, 5.74) is 6.66. The number of nitrogen functional groups attached to an aromatic ring is 1. The third-order valence-electron chi connectivity index (χ3n) is 2.73. The maximum absolute atomic E-state index is 13.0. The number of hydrogen-bond donors (Lipinski definition) is 2. The highest BCUT2D eigenvalue weighted by Gasteiger charge is 2.16. The molecule has 0 saturated carbocycles. The van der Waals surface area contributed by atoms with Crippen molar-refractivity contribution >= 4 is 21.4 Å². The topological polar surface area (TPSA) is 72.2 Å². The van der Waals surface area contributed by atoms with Crippen LogP contribution in [-0.2, 0) is 10.0 Å². The summed E-state index contributed by atoms with van der Waals surface area (Å²) in [6.45, 7) is 1.74. The smallest absolute Gasteiger partial charge is 0.261 e. The molecule has 0 unspecified atom stereocenters. The van der Waals surface area contributed by atoms with Crippen LogP contribution in [0.4, 0.5) is 20.2 Å². The van der Waals surface area contributed by atoms with Gasteiger partial charge >= 0.3 is 0 Å². The van der Waals surface area contributed by atoms with Gasteiger partial charge in [0.05, 0.1) is 10.6 Å². The zero-order chi connectivity index (χ0) is 14.9. The van der Waals surface area contributed by atoms with Crippen molar-refractivity contribution in [3.05, 3.63) is 53.6 Å². The molecule has 2 aromatic carbocycles. The minimum atomic E-state index is -3.90. The van der Waals surface area contributed by atoms with Crippen molar-refractivity contribution in [2.45, 2.75) is 11.8 Å². The third kappa shape index (κ3) is 2.88. The number of nitrogens with one attached hydrogen (secondary N) is 1. The van der Waals surface area contributed by atoms with Crippen LogP contribution in [0.25, 0.3) is 0 Å². The monoisotopic (exact) mass is 298 g/mol. The Balaban J connectivity index is 2.35. The van der Waals surface area contributed by atoms with Crippen molar-refractivity contribution in [1.29, 1.82) is 0 Å². The molecule has 7 heteroatoms. The van der Waals surface area contributed by atoms with E-state index in [1.807, 2.05) is 0 Å². The molecular weight excluding hydrogens is 286 g/mol. The molecule has 0 radical (unpaired) electrons. The number of halogens is 2. The Morgan fingerprint density at radius 2 is 1.75 bits per heavy atom. The zero-order valence-corrected chi connectivity index (χ0v) is 11.3. The SMILES string of the molecule is Cc1ccc(S(=O)(=O)Nc2ccc(F)c(F)c2)cc1N. The molecule has 0 aliphatic heterocycles. The molecule has 0 aromatic heterocycles. The quantitative estimate of drug-likeness (QED) is 0.856. The molecule has 4 nitrogen and oxygen atoms in total. The predicted octanol–water partition coefficient (Wildman–Crippen LogP) is 2.66. The number of anilines is 2. The van der Waals surface area contributed by atoms with Gasteiger partial charge in [-0.2, -0.15) is 0 Å². The standard InChI is InChI=1S/C13H12F2N2O2S/c1-8-2-4-10(7-13(8)16)20(18,19)17-9-3-5-11(14)12(15)6-9/h2-7,17H,16H2,1H3. The minimum absolute atomic E-state index is 0.0506. The van der Waals surface area contributed by atoms with Gasteiger partial charge in [-0.1, -0.05) is 6.07 Å². The molecule has 2 aromatic rings. The van der Waals surface area contributed by atoms with Crippen molar-refractivity contribution in [2.75, 3.05) is 10.5 Å². The number of sulfonamides is 1. The molecule has 3 N–H and O–H groups in total. The average Bonchev–Trinajstić information content (AvgIpc) is 2.37. The minimum Gasteiger partial charge on any atom is -0.398 e. The fraction of sp³-hybridized carbons (Fsp3) is 0.0769. The lowest BCUT2D eigenvalue weighted by molar-refractivity contribution is 0.509. The Bertz CT molecular complexity index is 761. The first-order valence-corrected chi connectivity index (χ1v) is 7.12. The summed E-state index contributed by atoms with van der Waals surface area (Å²) < 4.78 is 52.1. The van der Waals surface area contributed by atoms with Crippen LogP contribution in [-0.4, -0.2) is 8.42 Å². The molecule has 0 heterocycles. The first-order chi connectivity index (χ1) is 9.29. The van der Waals surface area contributed by atoms with E-state index in [0.717, 1.165) is 23.8 Å². The molecule has 0 saturated heterocycles. The molecule has 0 aliphatic carbocycles. The number of nitrogens with two attached hydrogens (primary N) is 1. The molecule has 2 rings (SSSR count). The van der Waals surface area contributed by atoms with Crippen molar-refractivity contribution in [2.24, 2.45) is 0 Å². The maximum Gasteiger partial charge on any atom is 0.261 e. The number of hydrogen-bond acceptors (Lipinski definition) is 3. The summed E-state index contributed by atoms with van der Waals surface area (Å²) >= 11 is 0. The number of benzene rings is 2. The Hall–Kier alpha value is -2.15. The van der Waals surface area contributed by atoms with Crippen molar-refractivity contribution in [1.82, 2.24) is 0 Å². The summed E-state index contributed by atoms with van der Waals surface area (Å²) in [4.78, 5) is -0.0506. The maximum atomic E-state index is 13.0. The van der Waals surface area contributed by atoms with E-state index < -0.39 is 21.7 Å². The Kier molecular flexibility index (Phi) is 3.63. The second-order valence-corrected chi connectivity index (χ2v) is 5.94. The lowest BCUT2D eigenvalue weighted by Gasteiger charge is -2.09. The lowest BCUT2D eigenvalue weighted by atomic mass is 10.2. The average molecular weight is 298 g/mol. The van der Waals surface area contributed by atoms with Crippen LogP contribution in [0.15, 0.2) is 41.3 Å². The molecule has 0 bridgehead atoms. The van der Waals surface area contributed by atoms with Gasteiger partial charge < -0.3 is 5.73 Å². The van der Waals surface area contributed by atoms with Gasteiger partial charge in [0.1, 0.15) is 0 Å². The van der Waals surface area contributed by atoms with Crippen LogP contribution in [0.1, 0.15) is 5.56 Å². The second-order valence-electron chi connectivity index (χ2n) is 4.25. The van der Waals surface area contributed by atoms with E-state index in [1.165, 1.54) is 12.1 Å². The van der Waals surface area contributed by atoms with E-state index in [9.17, 15) is 17.2 Å². The van der Waals surface area contributed by atoms with Gasteiger partial charge in [-0.15, -0.1) is 0 Å². The number of rotatable bonds is 3. The predicted molar refractivity (Wildman–Crippen MR) is 72.8 cm³/mol. The van der Waals surface area contributed by atoms with E-state index >= 15 is 0 Å². The first-order valence-electron chi connectivity index (χ1n) is 5.63. The van der Waals surface area contributed by atoms with E-state index in [4.69, 9.17) is 5.73 Å². The summed E-state index contributed by atoms with van der Waals surface area (Å²) in [6.07, 6.45) is 0. The van der Waals surface area contributed by atoms with Gasteiger partial charge in [0.2, 0.25) is 0 Å². The summed E-state index contributed by atoms with van der Waals surface area (Å²) in [5, 5.41) is 0. The summed E-state index contributed by atoms with van der Waals surface area (Å²) in [7, 11) is -3.90. The van der Waals surface area contributed by atoms with Gasteiger partial charge in [-0.3, -0.25) is 4.72 Å². The van der Waals surface area contributed by atoms with Crippen LogP contribution < -0.4 is 10.5 Å². The van der Waals surface area contributed by atoms with Crippen LogP contribution in [0.3, 0.4) is 0 Å². The molecule has 0 aliphatic rings. The van der Waals surface area contributed by atoms with Crippen molar-refractivity contribution in [3.63, 3.8) is 0 Å². The van der Waals surface area contributed by atoms with E-state index in [-0.39, 0.29) is 10.6 Å². The Labute approximate surface area is 115 Å². The normalized spacial score (nSPS) is 11.3. The van der Waals surface area contributed by atoms with Gasteiger partial charge in [0.25, 0.3) is 10.0 Å². The molecule has 20 heavy (non-hydrogen) atoms. The largest absolute Gasteiger partial charge is 0.398 e. The first kappa shape index (κ1) is 14.3. The van der Waals surface area contributed by atoms with Gasteiger partial charge in [-0.25, -0.2) is 17.2 Å². The van der Waals surface area contributed by atoms with E-state index in [0.29, 0.717) is 5.69 Å². The molecular formula is C13H12F2N2O2S. The highest BCUT2D eigenvalue weighted by atomic mass is 32.2. The molecule has 0 amide bonds. The molecule has 0 spiro atoms. The third-order valence-corrected chi connectivity index (χ3v) is 4.11. The van der Waals surface area contributed by atoms with Gasteiger partial charge in [-0.05, 0) is 36.8 Å². The van der Waals surface area contributed by atoms with Crippen LogP contribution in [0.2, 0.25) is 0 Å². The summed E-state index contributed by atoms with van der Waals surface area (Å²) in [5.74, 6) is -2.18. The summed E-state index contributed by atoms with van der Waals surface area (Å²) in [6, 6.07) is 7.00. The van der Waals surface area contributed by atoms with E-state index in [1.54, 1.807) is 13.0 Å². The Morgan fingerprint density at radius 3 is 2.35 bits per heavy atom.